The molecule has 0 amide bonds. The van der Waals surface area contributed by atoms with E-state index in [0.717, 1.165) is 5.56 Å². The normalized spacial score (nSPS) is 20.0. The number of carboxylic acids is 1. The number of nitrogens with zero attached hydrogens (tertiary/aromatic N) is 1. The van der Waals surface area contributed by atoms with Crippen molar-refractivity contribution in [3.05, 3.63) is 71.3 Å². The minimum absolute atomic E-state index is 0.0403. The summed E-state index contributed by atoms with van der Waals surface area (Å²) in [5, 5.41) is 19.5. The first-order chi connectivity index (χ1) is 14.3. The van der Waals surface area contributed by atoms with Crippen LogP contribution < -0.4 is 0 Å². The Morgan fingerprint density at radius 1 is 1.10 bits per heavy atom. The topological polar surface area (TPSA) is 94.9 Å². The van der Waals surface area contributed by atoms with Crippen molar-refractivity contribution in [1.29, 1.82) is 0 Å². The highest BCUT2D eigenvalue weighted by Gasteiger charge is 2.40. The monoisotopic (exact) mass is 449 g/mol. The quantitative estimate of drug-likeness (QED) is 0.587. The van der Waals surface area contributed by atoms with Crippen molar-refractivity contribution in [2.45, 2.75) is 30.1 Å². The second-order valence-electron chi connectivity index (χ2n) is 7.34. The van der Waals surface area contributed by atoms with E-state index in [9.17, 15) is 18.3 Å². The lowest BCUT2D eigenvalue weighted by Crippen LogP contribution is -2.29. The minimum Gasteiger partial charge on any atom is -0.508 e. The summed E-state index contributed by atoms with van der Waals surface area (Å²) in [5.41, 5.74) is 0.718. The number of allylic oxidation sites excluding steroid dienone is 2. The predicted octanol–water partition coefficient (Wildman–Crippen LogP) is 4.26. The van der Waals surface area contributed by atoms with Gasteiger partial charge in [0, 0.05) is 30.5 Å². The largest absolute Gasteiger partial charge is 0.508 e. The molecule has 2 aromatic rings. The number of rotatable bonds is 8. The molecule has 3 rings (SSSR count). The van der Waals surface area contributed by atoms with Crippen molar-refractivity contribution in [1.82, 2.24) is 4.31 Å². The molecule has 1 saturated heterocycles. The SMILES string of the molecule is O=C(O)CC/C=C\C[C@H]1CN(S(=O)(=O)c2ccc(Cl)cc2)C[C@@H]1c1ccccc1O. The molecule has 1 aliphatic heterocycles. The Morgan fingerprint density at radius 2 is 1.80 bits per heavy atom. The number of halogens is 1. The number of benzene rings is 2. The highest BCUT2D eigenvalue weighted by atomic mass is 35.5. The van der Waals surface area contributed by atoms with E-state index in [4.69, 9.17) is 16.7 Å². The minimum atomic E-state index is -3.70. The van der Waals surface area contributed by atoms with Crippen molar-refractivity contribution in [2.24, 2.45) is 5.92 Å². The van der Waals surface area contributed by atoms with E-state index in [2.05, 4.69) is 0 Å². The predicted molar refractivity (Wildman–Crippen MR) is 115 cm³/mol. The van der Waals surface area contributed by atoms with Gasteiger partial charge in [0.1, 0.15) is 5.75 Å². The molecule has 160 valence electrons. The molecule has 0 unspecified atom stereocenters. The second kappa shape index (κ2) is 9.64. The molecule has 0 saturated carbocycles. The first-order valence-electron chi connectivity index (χ1n) is 9.69. The number of aliphatic carboxylic acids is 1. The van der Waals surface area contributed by atoms with E-state index < -0.39 is 16.0 Å². The summed E-state index contributed by atoms with van der Waals surface area (Å²) < 4.78 is 27.7. The summed E-state index contributed by atoms with van der Waals surface area (Å²) in [5.74, 6) is -0.917. The molecule has 0 radical (unpaired) electrons. The first-order valence-corrected chi connectivity index (χ1v) is 11.5. The van der Waals surface area contributed by atoms with Crippen LogP contribution in [0.25, 0.3) is 0 Å². The summed E-state index contributed by atoms with van der Waals surface area (Å²) >= 11 is 5.89. The summed E-state index contributed by atoms with van der Waals surface area (Å²) in [6.45, 7) is 0.573. The zero-order valence-electron chi connectivity index (χ0n) is 16.3. The fourth-order valence-corrected chi connectivity index (χ4v) is 5.42. The third-order valence-electron chi connectivity index (χ3n) is 5.33. The van der Waals surface area contributed by atoms with Gasteiger partial charge in [0.15, 0.2) is 0 Å². The van der Waals surface area contributed by atoms with Crippen LogP contribution in [-0.2, 0) is 14.8 Å². The van der Waals surface area contributed by atoms with Crippen LogP contribution in [0.5, 0.6) is 5.75 Å². The molecule has 1 aliphatic rings. The summed E-state index contributed by atoms with van der Waals surface area (Å²) in [6, 6.07) is 13.1. The maximum Gasteiger partial charge on any atom is 0.303 e. The zero-order valence-corrected chi connectivity index (χ0v) is 17.9. The summed E-state index contributed by atoms with van der Waals surface area (Å²) in [7, 11) is -3.70. The highest BCUT2D eigenvalue weighted by Crippen LogP contribution is 2.40. The lowest BCUT2D eigenvalue weighted by molar-refractivity contribution is -0.136. The van der Waals surface area contributed by atoms with E-state index in [1.54, 1.807) is 24.3 Å². The highest BCUT2D eigenvalue weighted by molar-refractivity contribution is 7.89. The van der Waals surface area contributed by atoms with Gasteiger partial charge in [0.2, 0.25) is 10.0 Å². The number of hydrogen-bond acceptors (Lipinski definition) is 4. The average Bonchev–Trinajstić information content (AvgIpc) is 3.13. The number of para-hydroxylation sites is 1. The maximum atomic E-state index is 13.1. The molecule has 2 N–H and O–H groups in total. The second-order valence-corrected chi connectivity index (χ2v) is 9.72. The fraction of sp³-hybridized carbons (Fsp3) is 0.318. The van der Waals surface area contributed by atoms with Gasteiger partial charge in [0.25, 0.3) is 0 Å². The van der Waals surface area contributed by atoms with E-state index in [1.807, 2.05) is 24.3 Å². The van der Waals surface area contributed by atoms with E-state index >= 15 is 0 Å². The molecule has 0 aliphatic carbocycles. The van der Waals surface area contributed by atoms with Gasteiger partial charge >= 0.3 is 5.97 Å². The molecule has 0 aromatic heterocycles. The molecule has 30 heavy (non-hydrogen) atoms. The van der Waals surface area contributed by atoms with Crippen LogP contribution in [-0.4, -0.2) is 42.0 Å². The van der Waals surface area contributed by atoms with Crippen molar-refractivity contribution in [2.75, 3.05) is 13.1 Å². The number of aromatic hydroxyl groups is 1. The Kier molecular flexibility index (Phi) is 7.18. The van der Waals surface area contributed by atoms with Crippen LogP contribution >= 0.6 is 11.6 Å². The molecule has 8 heteroatoms. The van der Waals surface area contributed by atoms with Crippen LogP contribution in [0.1, 0.15) is 30.7 Å². The summed E-state index contributed by atoms with van der Waals surface area (Å²) in [4.78, 5) is 10.8. The van der Waals surface area contributed by atoms with Gasteiger partial charge in [-0.3, -0.25) is 4.79 Å². The Labute approximate surface area is 181 Å². The number of hydrogen-bond donors (Lipinski definition) is 2. The Hall–Kier alpha value is -2.35. The van der Waals surface area contributed by atoms with Gasteiger partial charge in [-0.25, -0.2) is 8.42 Å². The Balaban J connectivity index is 1.83. The summed E-state index contributed by atoms with van der Waals surface area (Å²) in [6.07, 6.45) is 4.79. The van der Waals surface area contributed by atoms with Gasteiger partial charge < -0.3 is 10.2 Å². The molecule has 6 nitrogen and oxygen atoms in total. The van der Waals surface area contributed by atoms with Crippen molar-refractivity contribution in [3.8, 4) is 5.75 Å². The Bertz CT molecular complexity index is 1020. The van der Waals surface area contributed by atoms with Gasteiger partial charge in [-0.1, -0.05) is 42.0 Å². The maximum absolute atomic E-state index is 13.1. The van der Waals surface area contributed by atoms with Crippen molar-refractivity contribution < 1.29 is 23.4 Å². The van der Waals surface area contributed by atoms with Gasteiger partial charge in [-0.05, 0) is 54.7 Å². The Morgan fingerprint density at radius 3 is 2.47 bits per heavy atom. The lowest BCUT2D eigenvalue weighted by Gasteiger charge is -2.18. The molecule has 2 aromatic carbocycles. The smallest absolute Gasteiger partial charge is 0.303 e. The number of phenols is 1. The van der Waals surface area contributed by atoms with Crippen molar-refractivity contribution in [3.63, 3.8) is 0 Å². The van der Waals surface area contributed by atoms with Crippen LogP contribution in [0.15, 0.2) is 65.6 Å². The van der Waals surface area contributed by atoms with Gasteiger partial charge in [-0.2, -0.15) is 4.31 Å². The molecule has 0 bridgehead atoms. The van der Waals surface area contributed by atoms with E-state index in [1.165, 1.54) is 16.4 Å². The molecule has 1 heterocycles. The van der Waals surface area contributed by atoms with Crippen LogP contribution in [0.2, 0.25) is 5.02 Å². The van der Waals surface area contributed by atoms with Crippen LogP contribution in [0.3, 0.4) is 0 Å². The molecule has 1 fully saturated rings. The van der Waals surface area contributed by atoms with Gasteiger partial charge in [0.05, 0.1) is 4.90 Å². The number of carboxylic acid groups (broad SMARTS) is 1. The van der Waals surface area contributed by atoms with Crippen molar-refractivity contribution >= 4 is 27.6 Å². The third-order valence-corrected chi connectivity index (χ3v) is 7.42. The third kappa shape index (κ3) is 5.22. The van der Waals surface area contributed by atoms with E-state index in [-0.39, 0.29) is 35.4 Å². The van der Waals surface area contributed by atoms with Crippen LogP contribution in [0.4, 0.5) is 0 Å². The lowest BCUT2D eigenvalue weighted by atomic mass is 9.86. The molecule has 2 atom stereocenters. The molecular weight excluding hydrogens is 426 g/mol. The number of sulfonamides is 1. The van der Waals surface area contributed by atoms with E-state index in [0.29, 0.717) is 24.4 Å². The molecular formula is C22H24ClNO5S. The first kappa shape index (κ1) is 22.3. The number of carbonyl (C=O) groups is 1. The average molecular weight is 450 g/mol. The number of phenolic OH excluding ortho intramolecular Hbond substituents is 1. The standard InChI is InChI=1S/C22H24ClNO5S/c23-17-10-12-18(13-11-17)30(28,29)24-14-16(6-2-1-3-9-22(26)27)20(15-24)19-7-4-5-8-21(19)25/h1-2,4-5,7-8,10-13,16,20,25H,3,6,9,14-15H2,(H,26,27)/b2-1-/t16-,20-/m0/s1. The van der Waals surface area contributed by atoms with Gasteiger partial charge in [-0.15, -0.1) is 0 Å². The van der Waals surface area contributed by atoms with Crippen LogP contribution in [0, 0.1) is 5.92 Å². The zero-order chi connectivity index (χ0) is 21.7. The molecule has 0 spiro atoms. The fourth-order valence-electron chi connectivity index (χ4n) is 3.77.